The molecule has 3 rings (SSSR count). The Balaban J connectivity index is 1.67. The van der Waals surface area contributed by atoms with E-state index in [1.807, 2.05) is 49.4 Å². The van der Waals surface area contributed by atoms with Crippen molar-refractivity contribution in [3.63, 3.8) is 0 Å². The molecule has 166 valence electrons. The van der Waals surface area contributed by atoms with E-state index in [1.165, 1.54) is 4.57 Å². The van der Waals surface area contributed by atoms with Crippen molar-refractivity contribution in [2.24, 2.45) is 0 Å². The molecule has 0 saturated heterocycles. The number of nitrogens with one attached hydrogen (secondary N) is 2. The quantitative estimate of drug-likeness (QED) is 0.403. The number of hydrogen-bond donors (Lipinski definition) is 4. The molecule has 0 spiro atoms. The van der Waals surface area contributed by atoms with Gasteiger partial charge in [-0.2, -0.15) is 0 Å². The molecular formula is C23H28BN5O3. The molecule has 32 heavy (non-hydrogen) atoms. The zero-order valence-electron chi connectivity index (χ0n) is 18.6. The number of nitrogens with two attached hydrogens (primary N) is 1. The highest BCUT2D eigenvalue weighted by Gasteiger charge is 2.14. The van der Waals surface area contributed by atoms with Crippen LogP contribution >= 0.6 is 0 Å². The highest BCUT2D eigenvalue weighted by molar-refractivity contribution is 6.52. The Kier molecular flexibility index (Phi) is 7.32. The van der Waals surface area contributed by atoms with E-state index < -0.39 is 7.05 Å². The fourth-order valence-electron chi connectivity index (χ4n) is 3.47. The van der Waals surface area contributed by atoms with Gasteiger partial charge >= 0.3 is 7.05 Å². The third-order valence-electron chi connectivity index (χ3n) is 5.20. The summed E-state index contributed by atoms with van der Waals surface area (Å²) in [4.78, 5) is 29.7. The molecule has 0 aliphatic heterocycles. The number of hydrogen-bond acceptors (Lipinski definition) is 6. The number of benzene rings is 1. The van der Waals surface area contributed by atoms with Gasteiger partial charge < -0.3 is 25.9 Å². The molecule has 2 aromatic heterocycles. The van der Waals surface area contributed by atoms with Gasteiger partial charge in [-0.05, 0) is 55.9 Å². The van der Waals surface area contributed by atoms with Gasteiger partial charge in [0.15, 0.2) is 0 Å². The van der Waals surface area contributed by atoms with Crippen LogP contribution in [0.3, 0.4) is 0 Å². The smallest absolute Gasteiger partial charge is 0.408 e. The fraction of sp³-hybridized carbons (Fsp3) is 0.261. The molecule has 8 nitrogen and oxygen atoms in total. The van der Waals surface area contributed by atoms with Gasteiger partial charge in [-0.3, -0.25) is 9.59 Å². The molecule has 1 amide bonds. The normalized spacial score (nSPS) is 10.6. The molecule has 0 bridgehead atoms. The molecule has 1 aromatic carbocycles. The minimum Gasteiger partial charge on any atom is -0.433 e. The molecule has 0 aliphatic rings. The maximum absolute atomic E-state index is 12.8. The number of carbonyl (C=O) groups excluding carboxylic acids is 1. The van der Waals surface area contributed by atoms with Gasteiger partial charge in [0.25, 0.3) is 5.56 Å². The number of aryl methyl sites for hydroxylation is 2. The lowest BCUT2D eigenvalue weighted by Crippen LogP contribution is -2.34. The Morgan fingerprint density at radius 1 is 1.16 bits per heavy atom. The summed E-state index contributed by atoms with van der Waals surface area (Å²) in [6, 6.07) is 15.2. The highest BCUT2D eigenvalue weighted by atomic mass is 16.2. The monoisotopic (exact) mass is 433 g/mol. The van der Waals surface area contributed by atoms with E-state index in [1.54, 1.807) is 19.8 Å². The predicted octanol–water partition coefficient (Wildman–Crippen LogP) is 1.87. The van der Waals surface area contributed by atoms with Crippen molar-refractivity contribution in [2.45, 2.75) is 40.2 Å². The summed E-state index contributed by atoms with van der Waals surface area (Å²) < 4.78 is 1.39. The molecule has 5 N–H and O–H groups in total. The summed E-state index contributed by atoms with van der Waals surface area (Å²) in [7, 11) is -0.708. The van der Waals surface area contributed by atoms with Crippen molar-refractivity contribution in [3.8, 4) is 0 Å². The van der Waals surface area contributed by atoms with Crippen LogP contribution in [0.2, 0.25) is 6.82 Å². The number of nitrogen functional groups attached to an aromatic ring is 1. The van der Waals surface area contributed by atoms with Crippen LogP contribution in [0.4, 0.5) is 11.5 Å². The largest absolute Gasteiger partial charge is 0.433 e. The first kappa shape index (κ1) is 23.1. The van der Waals surface area contributed by atoms with E-state index in [-0.39, 0.29) is 30.2 Å². The minimum absolute atomic E-state index is 0.116. The van der Waals surface area contributed by atoms with Gasteiger partial charge in [-0.15, -0.1) is 0 Å². The van der Waals surface area contributed by atoms with E-state index in [9.17, 15) is 14.6 Å². The Morgan fingerprint density at radius 2 is 1.88 bits per heavy atom. The number of carbonyl (C=O) groups is 1. The van der Waals surface area contributed by atoms with Crippen molar-refractivity contribution in [3.05, 3.63) is 87.0 Å². The SMILES string of the molecule is CB(O)Nc1ccc(CNC(=O)Cn2c(C)cc(Cc3ccccc3)c(N)c2=O)c(C)n1. The van der Waals surface area contributed by atoms with Crippen LogP contribution in [0, 0.1) is 13.8 Å². The van der Waals surface area contributed by atoms with E-state index in [4.69, 9.17) is 5.73 Å². The minimum atomic E-state index is -0.708. The zero-order valence-corrected chi connectivity index (χ0v) is 18.6. The summed E-state index contributed by atoms with van der Waals surface area (Å²) in [5, 5.41) is 15.0. The maximum Gasteiger partial charge on any atom is 0.408 e. The molecule has 0 fully saturated rings. The lowest BCUT2D eigenvalue weighted by atomic mass is 9.89. The van der Waals surface area contributed by atoms with Gasteiger partial charge in [0, 0.05) is 17.9 Å². The number of anilines is 2. The Hall–Kier alpha value is -3.59. The molecule has 0 aliphatic carbocycles. The van der Waals surface area contributed by atoms with Crippen molar-refractivity contribution in [1.29, 1.82) is 0 Å². The average Bonchev–Trinajstić information content (AvgIpc) is 2.74. The van der Waals surface area contributed by atoms with Crippen LogP contribution < -0.4 is 21.8 Å². The Labute approximate surface area is 187 Å². The topological polar surface area (TPSA) is 122 Å². The van der Waals surface area contributed by atoms with Crippen LogP contribution in [-0.4, -0.2) is 27.5 Å². The first-order chi connectivity index (χ1) is 15.2. The second kappa shape index (κ2) is 10.1. The Bertz CT molecular complexity index is 1160. The summed E-state index contributed by atoms with van der Waals surface area (Å²) in [5.74, 6) is 0.261. The second-order valence-electron chi connectivity index (χ2n) is 7.82. The summed E-state index contributed by atoms with van der Waals surface area (Å²) in [6.45, 7) is 5.40. The molecule has 0 radical (unpaired) electrons. The van der Waals surface area contributed by atoms with Gasteiger partial charge in [0.1, 0.15) is 18.1 Å². The van der Waals surface area contributed by atoms with E-state index in [0.29, 0.717) is 17.9 Å². The van der Waals surface area contributed by atoms with Gasteiger partial charge in [-0.1, -0.05) is 36.4 Å². The van der Waals surface area contributed by atoms with E-state index >= 15 is 0 Å². The summed E-state index contributed by atoms with van der Waals surface area (Å²) in [5.41, 5.74) is 9.98. The standard InChI is InChI=1S/C23H28BN5O3/c1-15-11-19(12-17-7-5-4-6-8-17)22(25)23(31)29(15)14-21(30)26-13-18-9-10-20(27-16(18)2)28-24(3)32/h4-11,32H,12-14,25H2,1-3H3,(H,26,30)(H,27,28). The summed E-state index contributed by atoms with van der Waals surface area (Å²) >= 11 is 0. The number of nitrogens with zero attached hydrogens (tertiary/aromatic N) is 2. The average molecular weight is 433 g/mol. The van der Waals surface area contributed by atoms with Crippen molar-refractivity contribution >= 4 is 24.5 Å². The van der Waals surface area contributed by atoms with Crippen molar-refractivity contribution < 1.29 is 9.82 Å². The zero-order chi connectivity index (χ0) is 23.3. The van der Waals surface area contributed by atoms with Crippen LogP contribution in [0.15, 0.2) is 53.3 Å². The molecule has 2 heterocycles. The first-order valence-electron chi connectivity index (χ1n) is 10.4. The van der Waals surface area contributed by atoms with Crippen molar-refractivity contribution in [2.75, 3.05) is 11.0 Å². The number of amides is 1. The van der Waals surface area contributed by atoms with Crippen LogP contribution in [-0.2, 0) is 24.3 Å². The lowest BCUT2D eigenvalue weighted by molar-refractivity contribution is -0.121. The first-order valence-corrected chi connectivity index (χ1v) is 10.4. The van der Waals surface area contributed by atoms with E-state index in [0.717, 1.165) is 22.4 Å². The molecule has 9 heteroatoms. The van der Waals surface area contributed by atoms with Gasteiger partial charge in [0.2, 0.25) is 5.91 Å². The molecule has 3 aromatic rings. The number of pyridine rings is 2. The predicted molar refractivity (Wildman–Crippen MR) is 127 cm³/mol. The molecule has 0 atom stereocenters. The molecule has 0 unspecified atom stereocenters. The Morgan fingerprint density at radius 3 is 2.53 bits per heavy atom. The maximum atomic E-state index is 12.8. The van der Waals surface area contributed by atoms with Crippen LogP contribution in [0.25, 0.3) is 0 Å². The molecule has 0 saturated carbocycles. The van der Waals surface area contributed by atoms with Gasteiger partial charge in [0.05, 0.1) is 0 Å². The third-order valence-corrected chi connectivity index (χ3v) is 5.20. The summed E-state index contributed by atoms with van der Waals surface area (Å²) in [6.07, 6.45) is 0.558. The van der Waals surface area contributed by atoms with Gasteiger partial charge in [-0.25, -0.2) is 4.98 Å². The second-order valence-corrected chi connectivity index (χ2v) is 7.82. The molecular weight excluding hydrogens is 405 g/mol. The van der Waals surface area contributed by atoms with E-state index in [2.05, 4.69) is 15.5 Å². The highest BCUT2D eigenvalue weighted by Crippen LogP contribution is 2.15. The third kappa shape index (κ3) is 5.76. The van der Waals surface area contributed by atoms with Crippen LogP contribution in [0.1, 0.15) is 28.1 Å². The van der Waals surface area contributed by atoms with Crippen molar-refractivity contribution in [1.82, 2.24) is 14.9 Å². The van der Waals surface area contributed by atoms with Crippen LogP contribution in [0.5, 0.6) is 0 Å². The lowest BCUT2D eigenvalue weighted by Gasteiger charge is -2.15. The fourth-order valence-corrected chi connectivity index (χ4v) is 3.47. The number of aromatic nitrogens is 2. The number of rotatable bonds is 8.